The van der Waals surface area contributed by atoms with Crippen LogP contribution in [0.1, 0.15) is 19.7 Å². The fraction of sp³-hybridized carbons (Fsp3) is 0.357. The predicted molar refractivity (Wildman–Crippen MR) is 75.2 cm³/mol. The van der Waals surface area contributed by atoms with Gasteiger partial charge in [-0.2, -0.15) is 0 Å². The van der Waals surface area contributed by atoms with Crippen LogP contribution in [0.2, 0.25) is 0 Å². The number of hydrogen-bond donors (Lipinski definition) is 3. The van der Waals surface area contributed by atoms with E-state index in [2.05, 4.69) is 46.8 Å². The van der Waals surface area contributed by atoms with Crippen molar-refractivity contribution in [1.82, 2.24) is 15.4 Å². The van der Waals surface area contributed by atoms with Gasteiger partial charge in [-0.05, 0) is 18.1 Å². The zero-order valence-corrected chi connectivity index (χ0v) is 11.1. The fourth-order valence-corrected chi connectivity index (χ4v) is 1.91. The monoisotopic (exact) mass is 244 g/mol. The van der Waals surface area contributed by atoms with Crippen LogP contribution in [-0.4, -0.2) is 17.0 Å². The SMILES string of the molecule is CNNc1cccc(-c2cnc(CC(C)C)[nH]2)c1. The van der Waals surface area contributed by atoms with Crippen molar-refractivity contribution in [3.05, 3.63) is 36.3 Å². The van der Waals surface area contributed by atoms with E-state index in [-0.39, 0.29) is 0 Å². The zero-order chi connectivity index (χ0) is 13.0. The molecule has 0 saturated carbocycles. The minimum Gasteiger partial charge on any atom is -0.342 e. The molecule has 0 saturated heterocycles. The number of aromatic nitrogens is 2. The van der Waals surface area contributed by atoms with E-state index in [1.807, 2.05) is 25.4 Å². The lowest BCUT2D eigenvalue weighted by molar-refractivity contribution is 0.626. The summed E-state index contributed by atoms with van der Waals surface area (Å²) in [4.78, 5) is 7.79. The van der Waals surface area contributed by atoms with Crippen molar-refractivity contribution >= 4 is 5.69 Å². The molecule has 1 heterocycles. The largest absolute Gasteiger partial charge is 0.342 e. The van der Waals surface area contributed by atoms with Gasteiger partial charge in [0.2, 0.25) is 0 Å². The molecular formula is C14H20N4. The van der Waals surface area contributed by atoms with Gasteiger partial charge < -0.3 is 10.4 Å². The molecule has 0 atom stereocenters. The van der Waals surface area contributed by atoms with Gasteiger partial charge in [0.25, 0.3) is 0 Å². The maximum Gasteiger partial charge on any atom is 0.106 e. The summed E-state index contributed by atoms with van der Waals surface area (Å²) in [5.74, 6) is 1.66. The molecule has 0 aliphatic rings. The van der Waals surface area contributed by atoms with Crippen LogP contribution >= 0.6 is 0 Å². The molecule has 2 rings (SSSR count). The number of nitrogens with one attached hydrogen (secondary N) is 3. The van der Waals surface area contributed by atoms with E-state index >= 15 is 0 Å². The molecule has 0 aliphatic heterocycles. The summed E-state index contributed by atoms with van der Waals surface area (Å²) in [5.41, 5.74) is 9.22. The summed E-state index contributed by atoms with van der Waals surface area (Å²) < 4.78 is 0. The van der Waals surface area contributed by atoms with Crippen LogP contribution in [0.3, 0.4) is 0 Å². The van der Waals surface area contributed by atoms with Gasteiger partial charge in [0.15, 0.2) is 0 Å². The molecule has 0 amide bonds. The Kier molecular flexibility index (Phi) is 3.99. The number of H-pyrrole nitrogens is 1. The van der Waals surface area contributed by atoms with Gasteiger partial charge in [-0.25, -0.2) is 10.4 Å². The Balaban J connectivity index is 2.20. The summed E-state index contributed by atoms with van der Waals surface area (Å²) in [6.07, 6.45) is 2.88. The van der Waals surface area contributed by atoms with E-state index in [4.69, 9.17) is 0 Å². The Hall–Kier alpha value is -1.81. The number of benzene rings is 1. The maximum atomic E-state index is 4.42. The molecule has 0 aliphatic carbocycles. The van der Waals surface area contributed by atoms with E-state index in [9.17, 15) is 0 Å². The standard InChI is InChI=1S/C14H20N4/c1-10(2)7-14-16-9-13(17-14)11-5-4-6-12(8-11)18-15-3/h4-6,8-10,15,18H,7H2,1-3H3,(H,16,17). The van der Waals surface area contributed by atoms with Gasteiger partial charge in [-0.3, -0.25) is 0 Å². The Morgan fingerprint density at radius 2 is 2.17 bits per heavy atom. The molecule has 18 heavy (non-hydrogen) atoms. The minimum atomic E-state index is 0.612. The highest BCUT2D eigenvalue weighted by atomic mass is 15.3. The lowest BCUT2D eigenvalue weighted by Gasteiger charge is -2.05. The minimum absolute atomic E-state index is 0.612. The van der Waals surface area contributed by atoms with Gasteiger partial charge in [0, 0.05) is 24.7 Å². The Morgan fingerprint density at radius 1 is 1.33 bits per heavy atom. The van der Waals surface area contributed by atoms with E-state index in [1.165, 1.54) is 0 Å². The molecule has 3 N–H and O–H groups in total. The first-order valence-corrected chi connectivity index (χ1v) is 6.26. The average Bonchev–Trinajstić information content (AvgIpc) is 2.77. The second kappa shape index (κ2) is 5.69. The number of rotatable bonds is 5. The van der Waals surface area contributed by atoms with Gasteiger partial charge in [0.05, 0.1) is 11.9 Å². The van der Waals surface area contributed by atoms with Crippen molar-refractivity contribution in [2.24, 2.45) is 5.92 Å². The molecular weight excluding hydrogens is 224 g/mol. The van der Waals surface area contributed by atoms with Crippen LogP contribution in [0, 0.1) is 5.92 Å². The number of imidazole rings is 1. The van der Waals surface area contributed by atoms with Crippen molar-refractivity contribution in [1.29, 1.82) is 0 Å². The summed E-state index contributed by atoms with van der Waals surface area (Å²) in [7, 11) is 1.85. The smallest absolute Gasteiger partial charge is 0.106 e. The molecule has 96 valence electrons. The molecule has 0 fully saturated rings. The van der Waals surface area contributed by atoms with Crippen LogP contribution in [0.4, 0.5) is 5.69 Å². The molecule has 4 heteroatoms. The van der Waals surface area contributed by atoms with Gasteiger partial charge in [0.1, 0.15) is 5.82 Å². The van der Waals surface area contributed by atoms with Gasteiger partial charge in [-0.1, -0.05) is 26.0 Å². The second-order valence-corrected chi connectivity index (χ2v) is 4.80. The van der Waals surface area contributed by atoms with E-state index in [1.54, 1.807) is 0 Å². The lowest BCUT2D eigenvalue weighted by Crippen LogP contribution is -2.14. The third kappa shape index (κ3) is 3.11. The quantitative estimate of drug-likeness (QED) is 0.709. The number of aromatic amines is 1. The number of hydrogen-bond acceptors (Lipinski definition) is 3. The van der Waals surface area contributed by atoms with Crippen LogP contribution < -0.4 is 10.9 Å². The highest BCUT2D eigenvalue weighted by Gasteiger charge is 2.05. The van der Waals surface area contributed by atoms with Crippen LogP contribution in [0.15, 0.2) is 30.5 Å². The van der Waals surface area contributed by atoms with E-state index in [0.29, 0.717) is 5.92 Å². The van der Waals surface area contributed by atoms with Crippen molar-refractivity contribution in [3.8, 4) is 11.3 Å². The molecule has 0 spiro atoms. The van der Waals surface area contributed by atoms with E-state index in [0.717, 1.165) is 29.2 Å². The average molecular weight is 244 g/mol. The Morgan fingerprint density at radius 3 is 2.89 bits per heavy atom. The predicted octanol–water partition coefficient (Wildman–Crippen LogP) is 2.82. The molecule has 4 nitrogen and oxygen atoms in total. The first-order valence-electron chi connectivity index (χ1n) is 6.26. The normalized spacial score (nSPS) is 10.9. The first-order chi connectivity index (χ1) is 8.69. The van der Waals surface area contributed by atoms with E-state index < -0.39 is 0 Å². The summed E-state index contributed by atoms with van der Waals surface area (Å²) in [6, 6.07) is 8.21. The maximum absolute atomic E-state index is 4.42. The molecule has 1 aromatic carbocycles. The Bertz CT molecular complexity index is 502. The summed E-state index contributed by atoms with van der Waals surface area (Å²) in [6.45, 7) is 4.39. The summed E-state index contributed by atoms with van der Waals surface area (Å²) in [5, 5.41) is 0. The number of anilines is 1. The molecule has 2 aromatic rings. The first kappa shape index (κ1) is 12.6. The third-order valence-electron chi connectivity index (χ3n) is 2.67. The third-order valence-corrected chi connectivity index (χ3v) is 2.67. The van der Waals surface area contributed by atoms with Crippen LogP contribution in [0.25, 0.3) is 11.3 Å². The van der Waals surface area contributed by atoms with Crippen LogP contribution in [-0.2, 0) is 6.42 Å². The number of hydrazine groups is 1. The second-order valence-electron chi connectivity index (χ2n) is 4.80. The number of nitrogens with zero attached hydrogens (tertiary/aromatic N) is 1. The van der Waals surface area contributed by atoms with Crippen molar-refractivity contribution in [2.45, 2.75) is 20.3 Å². The fourth-order valence-electron chi connectivity index (χ4n) is 1.91. The topological polar surface area (TPSA) is 52.7 Å². The summed E-state index contributed by atoms with van der Waals surface area (Å²) >= 11 is 0. The zero-order valence-electron chi connectivity index (χ0n) is 11.1. The Labute approximate surface area is 108 Å². The van der Waals surface area contributed by atoms with Crippen LogP contribution in [0.5, 0.6) is 0 Å². The molecule has 1 aromatic heterocycles. The van der Waals surface area contributed by atoms with Gasteiger partial charge in [-0.15, -0.1) is 0 Å². The van der Waals surface area contributed by atoms with Crippen molar-refractivity contribution in [2.75, 3.05) is 12.5 Å². The molecule has 0 bridgehead atoms. The molecule has 0 radical (unpaired) electrons. The van der Waals surface area contributed by atoms with Crippen molar-refractivity contribution < 1.29 is 0 Å². The highest BCUT2D eigenvalue weighted by molar-refractivity contribution is 5.64. The highest BCUT2D eigenvalue weighted by Crippen LogP contribution is 2.21. The molecule has 0 unspecified atom stereocenters. The van der Waals surface area contributed by atoms with Crippen molar-refractivity contribution in [3.63, 3.8) is 0 Å². The van der Waals surface area contributed by atoms with Gasteiger partial charge >= 0.3 is 0 Å². The lowest BCUT2D eigenvalue weighted by atomic mass is 10.1.